The van der Waals surface area contributed by atoms with Crippen molar-refractivity contribution < 1.29 is 27.9 Å². The summed E-state index contributed by atoms with van der Waals surface area (Å²) in [5.74, 6) is -0.218. The van der Waals surface area contributed by atoms with Crippen molar-refractivity contribution in [2.75, 3.05) is 19.6 Å². The first kappa shape index (κ1) is 18.0. The molecule has 0 bridgehead atoms. The number of rotatable bonds is 4. The molecule has 2 rings (SSSR count). The molecule has 1 saturated carbocycles. The Morgan fingerprint density at radius 2 is 1.74 bits per heavy atom. The van der Waals surface area contributed by atoms with E-state index in [1.54, 1.807) is 0 Å². The Balaban J connectivity index is 1.71. The molecular formula is C15H23F3N2O3. The molecule has 2 N–H and O–H groups in total. The summed E-state index contributed by atoms with van der Waals surface area (Å²) in [6.45, 7) is -0.517. The van der Waals surface area contributed by atoms with E-state index in [0.717, 1.165) is 25.7 Å². The van der Waals surface area contributed by atoms with Crippen LogP contribution < -0.4 is 5.32 Å². The van der Waals surface area contributed by atoms with Gasteiger partial charge < -0.3 is 15.3 Å². The van der Waals surface area contributed by atoms with Crippen LogP contribution in [0.4, 0.5) is 13.2 Å². The standard InChI is InChI=1S/C15H23F3N2O3/c16-15(17,18)14(23)5-7-20(8-6-14)13(22)10-19-12(21)9-11-3-1-2-4-11/h11,23H,1-10H2,(H,19,21). The van der Waals surface area contributed by atoms with E-state index in [2.05, 4.69) is 5.32 Å². The Morgan fingerprint density at radius 3 is 2.26 bits per heavy atom. The van der Waals surface area contributed by atoms with Crippen LogP contribution in [-0.4, -0.2) is 53.2 Å². The topological polar surface area (TPSA) is 69.6 Å². The Morgan fingerprint density at radius 1 is 1.17 bits per heavy atom. The van der Waals surface area contributed by atoms with Gasteiger partial charge in [-0.25, -0.2) is 0 Å². The fraction of sp³-hybridized carbons (Fsp3) is 0.867. The maximum atomic E-state index is 12.7. The van der Waals surface area contributed by atoms with E-state index >= 15 is 0 Å². The predicted molar refractivity (Wildman–Crippen MR) is 76.4 cm³/mol. The molecule has 0 aromatic carbocycles. The van der Waals surface area contributed by atoms with Crippen LogP contribution in [0.3, 0.4) is 0 Å². The van der Waals surface area contributed by atoms with Crippen molar-refractivity contribution in [2.24, 2.45) is 5.92 Å². The van der Waals surface area contributed by atoms with Gasteiger partial charge in [-0.1, -0.05) is 12.8 Å². The van der Waals surface area contributed by atoms with Crippen LogP contribution in [0.1, 0.15) is 44.9 Å². The monoisotopic (exact) mass is 336 g/mol. The fourth-order valence-corrected chi connectivity index (χ4v) is 3.24. The van der Waals surface area contributed by atoms with E-state index in [9.17, 15) is 27.9 Å². The number of amides is 2. The summed E-state index contributed by atoms with van der Waals surface area (Å²) in [6.07, 6.45) is -1.01. The molecule has 1 aliphatic heterocycles. The van der Waals surface area contributed by atoms with Gasteiger partial charge in [0.1, 0.15) is 0 Å². The molecule has 2 amide bonds. The molecule has 132 valence electrons. The first-order valence-corrected chi connectivity index (χ1v) is 8.05. The number of hydrogen-bond donors (Lipinski definition) is 2. The number of nitrogens with zero attached hydrogens (tertiary/aromatic N) is 1. The van der Waals surface area contributed by atoms with Crippen molar-refractivity contribution in [3.8, 4) is 0 Å². The highest BCUT2D eigenvalue weighted by Gasteiger charge is 2.54. The van der Waals surface area contributed by atoms with Gasteiger partial charge in [0.05, 0.1) is 6.54 Å². The highest BCUT2D eigenvalue weighted by atomic mass is 19.4. The number of likely N-dealkylation sites (tertiary alicyclic amines) is 1. The molecule has 2 fully saturated rings. The minimum atomic E-state index is -4.68. The summed E-state index contributed by atoms with van der Waals surface area (Å²) < 4.78 is 38.1. The Kier molecular flexibility index (Phi) is 5.54. The zero-order valence-corrected chi connectivity index (χ0v) is 13.0. The summed E-state index contributed by atoms with van der Waals surface area (Å²) in [6, 6.07) is 0. The van der Waals surface area contributed by atoms with Gasteiger partial charge in [0.15, 0.2) is 5.60 Å². The number of carbonyl (C=O) groups excluding carboxylic acids is 2. The second-order valence-electron chi connectivity index (χ2n) is 6.54. The Labute approximate surface area is 133 Å². The SMILES string of the molecule is O=C(CC1CCCC1)NCC(=O)N1CCC(O)(C(F)(F)F)CC1. The molecule has 5 nitrogen and oxygen atoms in total. The van der Waals surface area contributed by atoms with E-state index in [1.807, 2.05) is 0 Å². The third kappa shape index (κ3) is 4.59. The predicted octanol–water partition coefficient (Wildman–Crippen LogP) is 1.60. The van der Waals surface area contributed by atoms with Crippen LogP contribution in [0, 0.1) is 5.92 Å². The molecule has 0 aromatic rings. The molecule has 8 heteroatoms. The highest BCUT2D eigenvalue weighted by molar-refractivity contribution is 5.84. The van der Waals surface area contributed by atoms with Crippen LogP contribution in [0.5, 0.6) is 0 Å². The molecule has 0 spiro atoms. The maximum Gasteiger partial charge on any atom is 0.417 e. The second kappa shape index (κ2) is 7.07. The molecule has 23 heavy (non-hydrogen) atoms. The van der Waals surface area contributed by atoms with Crippen molar-refractivity contribution in [3.05, 3.63) is 0 Å². The molecule has 0 atom stereocenters. The fourth-order valence-electron chi connectivity index (χ4n) is 3.24. The molecule has 0 aromatic heterocycles. The highest BCUT2D eigenvalue weighted by Crippen LogP contribution is 2.38. The normalized spacial score (nSPS) is 22.2. The summed E-state index contributed by atoms with van der Waals surface area (Å²) in [7, 11) is 0. The largest absolute Gasteiger partial charge is 0.417 e. The third-order valence-corrected chi connectivity index (χ3v) is 4.86. The molecule has 1 heterocycles. The van der Waals surface area contributed by atoms with Crippen LogP contribution in [-0.2, 0) is 9.59 Å². The lowest BCUT2D eigenvalue weighted by Gasteiger charge is -2.39. The van der Waals surface area contributed by atoms with Gasteiger partial charge in [0.25, 0.3) is 0 Å². The van der Waals surface area contributed by atoms with E-state index in [1.165, 1.54) is 4.90 Å². The van der Waals surface area contributed by atoms with Gasteiger partial charge in [-0.3, -0.25) is 9.59 Å². The number of halogens is 3. The lowest BCUT2D eigenvalue weighted by molar-refractivity contribution is -0.272. The zero-order chi connectivity index (χ0) is 17.1. The van der Waals surface area contributed by atoms with Crippen LogP contribution >= 0.6 is 0 Å². The Hall–Kier alpha value is -1.31. The second-order valence-corrected chi connectivity index (χ2v) is 6.54. The van der Waals surface area contributed by atoms with Crippen molar-refractivity contribution in [3.63, 3.8) is 0 Å². The smallest absolute Gasteiger partial charge is 0.380 e. The van der Waals surface area contributed by atoms with Crippen LogP contribution in [0.15, 0.2) is 0 Å². The molecule has 0 radical (unpaired) electrons. The molecule has 0 unspecified atom stereocenters. The number of nitrogens with one attached hydrogen (secondary N) is 1. The van der Waals surface area contributed by atoms with Gasteiger partial charge in [-0.2, -0.15) is 13.2 Å². The number of aliphatic hydroxyl groups is 1. The summed E-state index contributed by atoms with van der Waals surface area (Å²) >= 11 is 0. The third-order valence-electron chi connectivity index (χ3n) is 4.86. The number of hydrogen-bond acceptors (Lipinski definition) is 3. The summed E-state index contributed by atoms with van der Waals surface area (Å²) in [5.41, 5.74) is -2.71. The average Bonchev–Trinajstić information content (AvgIpc) is 2.97. The minimum absolute atomic E-state index is 0.159. The van der Waals surface area contributed by atoms with Gasteiger partial charge in [0, 0.05) is 32.4 Å². The van der Waals surface area contributed by atoms with Crippen LogP contribution in [0.25, 0.3) is 0 Å². The van der Waals surface area contributed by atoms with E-state index in [-0.39, 0.29) is 25.5 Å². The van der Waals surface area contributed by atoms with Crippen molar-refractivity contribution in [2.45, 2.75) is 56.7 Å². The molecule has 1 saturated heterocycles. The van der Waals surface area contributed by atoms with E-state index in [0.29, 0.717) is 12.3 Å². The van der Waals surface area contributed by atoms with Gasteiger partial charge in [0.2, 0.25) is 11.8 Å². The average molecular weight is 336 g/mol. The first-order chi connectivity index (χ1) is 10.7. The maximum absolute atomic E-state index is 12.7. The Bertz CT molecular complexity index is 440. The van der Waals surface area contributed by atoms with Crippen molar-refractivity contribution >= 4 is 11.8 Å². The van der Waals surface area contributed by atoms with Crippen LogP contribution in [0.2, 0.25) is 0 Å². The van der Waals surface area contributed by atoms with Gasteiger partial charge in [-0.05, 0) is 18.8 Å². The van der Waals surface area contributed by atoms with Crippen molar-refractivity contribution in [1.82, 2.24) is 10.2 Å². The first-order valence-electron chi connectivity index (χ1n) is 8.05. The van der Waals surface area contributed by atoms with Crippen molar-refractivity contribution in [1.29, 1.82) is 0 Å². The number of piperidine rings is 1. The lowest BCUT2D eigenvalue weighted by Crippen LogP contribution is -2.55. The number of carbonyl (C=O) groups is 2. The lowest BCUT2D eigenvalue weighted by atomic mass is 9.91. The summed E-state index contributed by atoms with van der Waals surface area (Å²) in [4.78, 5) is 25.0. The molecular weight excluding hydrogens is 313 g/mol. The van der Waals surface area contributed by atoms with E-state index < -0.39 is 30.5 Å². The quantitative estimate of drug-likeness (QED) is 0.819. The summed E-state index contributed by atoms with van der Waals surface area (Å²) in [5, 5.41) is 12.1. The molecule has 1 aliphatic carbocycles. The minimum Gasteiger partial charge on any atom is -0.380 e. The number of alkyl halides is 3. The zero-order valence-electron chi connectivity index (χ0n) is 13.0. The molecule has 2 aliphatic rings. The van der Waals surface area contributed by atoms with Gasteiger partial charge in [-0.15, -0.1) is 0 Å². The van der Waals surface area contributed by atoms with Gasteiger partial charge >= 0.3 is 6.18 Å². The van der Waals surface area contributed by atoms with E-state index in [4.69, 9.17) is 0 Å².